The molecule has 3 N–H and O–H groups in total. The van der Waals surface area contributed by atoms with Gasteiger partial charge < -0.3 is 15.2 Å². The van der Waals surface area contributed by atoms with E-state index in [4.69, 9.17) is 10.5 Å². The third kappa shape index (κ3) is 2.78. The van der Waals surface area contributed by atoms with Gasteiger partial charge in [-0.1, -0.05) is 6.07 Å². The average molecular weight is 346 g/mol. The zero-order valence-electron chi connectivity index (χ0n) is 13.0. The van der Waals surface area contributed by atoms with E-state index in [1.165, 1.54) is 13.2 Å². The van der Waals surface area contributed by atoms with Gasteiger partial charge >= 0.3 is 5.97 Å². The number of carbonyl (C=O) groups excluding carboxylic acids is 1. The van der Waals surface area contributed by atoms with Crippen molar-refractivity contribution in [3.63, 3.8) is 0 Å². The molecule has 1 aromatic heterocycles. The number of rotatable bonds is 3. The van der Waals surface area contributed by atoms with Gasteiger partial charge in [0.25, 0.3) is 0 Å². The summed E-state index contributed by atoms with van der Waals surface area (Å²) in [4.78, 5) is 11.6. The number of H-pyrrole nitrogens is 1. The van der Waals surface area contributed by atoms with Gasteiger partial charge in [0, 0.05) is 0 Å². The maximum atomic E-state index is 13.7. The number of carbonyl (C=O) groups is 1. The molecule has 3 rings (SSSR count). The van der Waals surface area contributed by atoms with Crippen molar-refractivity contribution in [2.24, 2.45) is 5.73 Å². The average Bonchev–Trinajstić information content (AvgIpc) is 2.98. The molecule has 0 bridgehead atoms. The van der Waals surface area contributed by atoms with E-state index in [0.29, 0.717) is 11.3 Å². The first-order valence-electron chi connectivity index (χ1n) is 7.12. The number of nitrogens with zero attached hydrogens (tertiary/aromatic N) is 2. The molecule has 0 amide bonds. The molecule has 1 aliphatic heterocycles. The van der Waals surface area contributed by atoms with E-state index in [-0.39, 0.29) is 29.3 Å². The minimum atomic E-state index is -1.07. The molecule has 0 radical (unpaired) electrons. The number of hydrogen-bond donors (Lipinski definition) is 2. The fourth-order valence-corrected chi connectivity index (χ4v) is 2.69. The number of hydrogen-bond acceptors (Lipinski definition) is 6. The molecule has 1 unspecified atom stereocenters. The molecule has 1 aromatic carbocycles. The molecule has 25 heavy (non-hydrogen) atoms. The number of esters is 1. The Labute approximate surface area is 140 Å². The van der Waals surface area contributed by atoms with Crippen molar-refractivity contribution in [1.82, 2.24) is 10.2 Å². The lowest BCUT2D eigenvalue weighted by Crippen LogP contribution is -2.22. The number of allylic oxidation sites excluding steroid dienone is 1. The molecule has 2 aromatic rings. The van der Waals surface area contributed by atoms with Crippen molar-refractivity contribution in [2.45, 2.75) is 12.3 Å². The molecule has 1 aliphatic rings. The lowest BCUT2D eigenvalue weighted by Gasteiger charge is -2.24. The predicted molar refractivity (Wildman–Crippen MR) is 80.0 cm³/mol. The minimum absolute atomic E-state index is 0.00558. The van der Waals surface area contributed by atoms with Crippen molar-refractivity contribution < 1.29 is 23.0 Å². The smallest absolute Gasteiger partial charge is 0.311 e. The van der Waals surface area contributed by atoms with Gasteiger partial charge in [0.15, 0.2) is 11.6 Å². The van der Waals surface area contributed by atoms with Crippen LogP contribution in [0.1, 0.15) is 22.7 Å². The van der Waals surface area contributed by atoms with Gasteiger partial charge in [-0.2, -0.15) is 5.26 Å². The Bertz CT molecular complexity index is 930. The topological polar surface area (TPSA) is 114 Å². The summed E-state index contributed by atoms with van der Waals surface area (Å²) in [5.41, 5.74) is 6.72. The molecule has 1 atom stereocenters. The number of aromatic nitrogens is 2. The standard InChI is InChI=1S/C16H12F2N4O3/c1-24-12(23)5-11-14-13(7-2-3-9(17)10(18)4-7)8(6-19)15(20)25-16(14)22-21-11/h2-4,13H,5,20H2,1H3,(H,21,22). The second-order valence-corrected chi connectivity index (χ2v) is 5.27. The van der Waals surface area contributed by atoms with Crippen LogP contribution in [-0.4, -0.2) is 23.3 Å². The Balaban J connectivity index is 2.18. The van der Waals surface area contributed by atoms with Gasteiger partial charge in [-0.3, -0.25) is 9.89 Å². The monoisotopic (exact) mass is 346 g/mol. The molecule has 9 heteroatoms. The number of nitrogens with two attached hydrogens (primary N) is 1. The summed E-state index contributed by atoms with van der Waals surface area (Å²) in [6.45, 7) is 0. The largest absolute Gasteiger partial charge is 0.469 e. The second kappa shape index (κ2) is 6.24. The van der Waals surface area contributed by atoms with Crippen LogP contribution in [0.25, 0.3) is 0 Å². The van der Waals surface area contributed by atoms with Crippen molar-refractivity contribution >= 4 is 5.97 Å². The van der Waals surface area contributed by atoms with E-state index in [0.717, 1.165) is 12.1 Å². The van der Waals surface area contributed by atoms with E-state index in [1.807, 2.05) is 6.07 Å². The Hall–Kier alpha value is -3.41. The summed E-state index contributed by atoms with van der Waals surface area (Å²) in [7, 11) is 1.23. The normalized spacial score (nSPS) is 16.0. The van der Waals surface area contributed by atoms with Gasteiger partial charge in [0.2, 0.25) is 11.8 Å². The SMILES string of the molecule is COC(=O)Cc1[nH]nc2c1C(c1ccc(F)c(F)c1)C(C#N)=C(N)O2. The number of nitriles is 1. The van der Waals surface area contributed by atoms with Gasteiger partial charge in [-0.25, -0.2) is 8.78 Å². The number of fused-ring (bicyclic) bond motifs is 1. The van der Waals surface area contributed by atoms with E-state index in [9.17, 15) is 18.8 Å². The van der Waals surface area contributed by atoms with Crippen molar-refractivity contribution in [3.8, 4) is 11.9 Å². The molecule has 2 heterocycles. The van der Waals surface area contributed by atoms with Crippen LogP contribution in [0.4, 0.5) is 8.78 Å². The van der Waals surface area contributed by atoms with Crippen LogP contribution in [0.5, 0.6) is 5.88 Å². The molecule has 7 nitrogen and oxygen atoms in total. The van der Waals surface area contributed by atoms with Crippen LogP contribution >= 0.6 is 0 Å². The minimum Gasteiger partial charge on any atom is -0.469 e. The summed E-state index contributed by atoms with van der Waals surface area (Å²) < 4.78 is 36.9. The first-order chi connectivity index (χ1) is 12.0. The zero-order valence-corrected chi connectivity index (χ0v) is 13.0. The van der Waals surface area contributed by atoms with Crippen LogP contribution in [-0.2, 0) is 16.0 Å². The summed E-state index contributed by atoms with van der Waals surface area (Å²) in [6.07, 6.45) is -0.166. The third-order valence-corrected chi connectivity index (χ3v) is 3.84. The van der Waals surface area contributed by atoms with Crippen LogP contribution < -0.4 is 10.5 Å². The number of benzene rings is 1. The Morgan fingerprint density at radius 1 is 1.48 bits per heavy atom. The summed E-state index contributed by atoms with van der Waals surface area (Å²) >= 11 is 0. The first-order valence-corrected chi connectivity index (χ1v) is 7.12. The maximum Gasteiger partial charge on any atom is 0.311 e. The van der Waals surface area contributed by atoms with Crippen LogP contribution in [0.15, 0.2) is 29.7 Å². The molecule has 0 spiro atoms. The highest BCUT2D eigenvalue weighted by Crippen LogP contribution is 2.43. The number of ether oxygens (including phenoxy) is 2. The van der Waals surface area contributed by atoms with Crippen LogP contribution in [0.3, 0.4) is 0 Å². The van der Waals surface area contributed by atoms with E-state index in [1.54, 1.807) is 0 Å². The Morgan fingerprint density at radius 2 is 2.24 bits per heavy atom. The molecule has 0 aliphatic carbocycles. The van der Waals surface area contributed by atoms with Crippen molar-refractivity contribution in [1.29, 1.82) is 5.26 Å². The van der Waals surface area contributed by atoms with Gasteiger partial charge in [0.1, 0.15) is 11.6 Å². The van der Waals surface area contributed by atoms with Crippen LogP contribution in [0, 0.1) is 23.0 Å². The molecular formula is C16H12F2N4O3. The first kappa shape index (κ1) is 16.4. The van der Waals surface area contributed by atoms with E-state index in [2.05, 4.69) is 14.9 Å². The fourth-order valence-electron chi connectivity index (χ4n) is 2.69. The van der Waals surface area contributed by atoms with E-state index < -0.39 is 23.5 Å². The molecular weight excluding hydrogens is 334 g/mol. The van der Waals surface area contributed by atoms with Crippen LogP contribution in [0.2, 0.25) is 0 Å². The fraction of sp³-hybridized carbons (Fsp3) is 0.188. The van der Waals surface area contributed by atoms with E-state index >= 15 is 0 Å². The molecule has 0 fully saturated rings. The molecule has 128 valence electrons. The Kier molecular flexibility index (Phi) is 4.10. The summed E-state index contributed by atoms with van der Waals surface area (Å²) in [5, 5.41) is 16.0. The molecule has 0 saturated heterocycles. The van der Waals surface area contributed by atoms with Gasteiger partial charge in [0.05, 0.1) is 30.7 Å². The second-order valence-electron chi connectivity index (χ2n) is 5.27. The predicted octanol–water partition coefficient (Wildman–Crippen LogP) is 1.62. The van der Waals surface area contributed by atoms with Gasteiger partial charge in [-0.15, -0.1) is 5.10 Å². The quantitative estimate of drug-likeness (QED) is 0.817. The number of halogens is 2. The van der Waals surface area contributed by atoms with Crippen molar-refractivity contribution in [3.05, 3.63) is 58.1 Å². The summed E-state index contributed by atoms with van der Waals surface area (Å²) in [5.74, 6) is -3.63. The lowest BCUT2D eigenvalue weighted by molar-refractivity contribution is -0.139. The maximum absolute atomic E-state index is 13.7. The number of methoxy groups -OCH3 is 1. The zero-order chi connectivity index (χ0) is 18.1. The lowest BCUT2D eigenvalue weighted by atomic mass is 9.83. The number of aromatic amines is 1. The highest BCUT2D eigenvalue weighted by atomic mass is 19.2. The Morgan fingerprint density at radius 3 is 2.88 bits per heavy atom. The summed E-state index contributed by atoms with van der Waals surface area (Å²) in [6, 6.07) is 5.16. The molecule has 0 saturated carbocycles. The highest BCUT2D eigenvalue weighted by Gasteiger charge is 2.36. The van der Waals surface area contributed by atoms with Gasteiger partial charge in [-0.05, 0) is 17.7 Å². The third-order valence-electron chi connectivity index (χ3n) is 3.84. The van der Waals surface area contributed by atoms with Crippen molar-refractivity contribution in [2.75, 3.05) is 7.11 Å². The number of nitrogens with one attached hydrogen (secondary N) is 1. The highest BCUT2D eigenvalue weighted by molar-refractivity contribution is 5.73.